The van der Waals surface area contributed by atoms with E-state index in [9.17, 15) is 10.1 Å². The zero-order valence-corrected chi connectivity index (χ0v) is 11.8. The molecular weight excluding hydrogens is 275 g/mol. The minimum atomic E-state index is -0.378. The Bertz CT molecular complexity index is 407. The molecule has 0 spiro atoms. The lowest BCUT2D eigenvalue weighted by atomic mass is 10.1. The molecule has 0 heterocycles. The molecule has 18 heavy (non-hydrogen) atoms. The fraction of sp³-hybridized carbons (Fsp3) is 0.500. The van der Waals surface area contributed by atoms with Gasteiger partial charge in [0.05, 0.1) is 36.8 Å². The molecule has 0 radical (unpaired) electrons. The topological polar surface area (TPSA) is 43.1 Å². The van der Waals surface area contributed by atoms with Crippen molar-refractivity contribution in [3.8, 4) is 0 Å². The highest BCUT2D eigenvalue weighted by Gasteiger charge is 2.21. The largest absolute Gasteiger partial charge is 0.320 e. The van der Waals surface area contributed by atoms with Crippen LogP contribution < -0.4 is 0 Å². The van der Waals surface area contributed by atoms with Gasteiger partial charge in [-0.05, 0) is 0 Å². The summed E-state index contributed by atoms with van der Waals surface area (Å²) in [4.78, 5) is 10.4. The molecule has 0 amide bonds. The molecular formula is C12H17Cl2N2O2+. The Labute approximate surface area is 117 Å². The summed E-state index contributed by atoms with van der Waals surface area (Å²) < 4.78 is 0.689. The van der Waals surface area contributed by atoms with Gasteiger partial charge in [0.25, 0.3) is 5.69 Å². The smallest absolute Gasteiger partial charge is 0.269 e. The molecule has 0 atom stereocenters. The van der Waals surface area contributed by atoms with Crippen LogP contribution in [0.3, 0.4) is 0 Å². The van der Waals surface area contributed by atoms with E-state index in [-0.39, 0.29) is 10.6 Å². The molecule has 1 aromatic rings. The predicted molar refractivity (Wildman–Crippen MR) is 74.2 cm³/mol. The molecule has 0 bridgehead atoms. The van der Waals surface area contributed by atoms with Crippen LogP contribution in [0.15, 0.2) is 24.3 Å². The number of rotatable bonds is 7. The van der Waals surface area contributed by atoms with Crippen molar-refractivity contribution >= 4 is 28.9 Å². The van der Waals surface area contributed by atoms with Crippen molar-refractivity contribution in [1.82, 2.24) is 0 Å². The van der Waals surface area contributed by atoms with Crippen LogP contribution in [-0.2, 0) is 6.54 Å². The number of hydrogen-bond acceptors (Lipinski definition) is 2. The van der Waals surface area contributed by atoms with E-state index in [0.29, 0.717) is 22.8 Å². The summed E-state index contributed by atoms with van der Waals surface area (Å²) >= 11 is 11.6. The van der Waals surface area contributed by atoms with E-state index in [1.54, 1.807) is 12.1 Å². The number of non-ortho nitro benzene ring substituents is 1. The molecule has 0 saturated heterocycles. The van der Waals surface area contributed by atoms with Gasteiger partial charge in [0, 0.05) is 17.7 Å². The van der Waals surface area contributed by atoms with Crippen molar-refractivity contribution in [1.29, 1.82) is 0 Å². The first-order valence-electron chi connectivity index (χ1n) is 5.69. The van der Waals surface area contributed by atoms with Crippen molar-refractivity contribution in [3.05, 3.63) is 39.9 Å². The van der Waals surface area contributed by atoms with Gasteiger partial charge in [0.1, 0.15) is 6.54 Å². The minimum Gasteiger partial charge on any atom is -0.320 e. The Kier molecular flexibility index (Phi) is 5.85. The maximum Gasteiger partial charge on any atom is 0.269 e. The summed E-state index contributed by atoms with van der Waals surface area (Å²) in [5.74, 6) is 1.09. The van der Waals surface area contributed by atoms with E-state index in [0.717, 1.165) is 18.7 Å². The number of hydrogen-bond donors (Lipinski definition) is 0. The van der Waals surface area contributed by atoms with Crippen molar-refractivity contribution in [3.63, 3.8) is 0 Å². The molecule has 0 aliphatic heterocycles. The van der Waals surface area contributed by atoms with E-state index in [1.807, 2.05) is 6.07 Å². The fourth-order valence-electron chi connectivity index (χ4n) is 1.89. The van der Waals surface area contributed by atoms with E-state index >= 15 is 0 Å². The number of quaternary nitrogens is 1. The quantitative estimate of drug-likeness (QED) is 0.335. The Morgan fingerprint density at radius 2 is 1.89 bits per heavy atom. The number of nitrogens with zero attached hydrogens (tertiary/aromatic N) is 2. The van der Waals surface area contributed by atoms with Crippen molar-refractivity contribution in [2.45, 2.75) is 6.54 Å². The van der Waals surface area contributed by atoms with Gasteiger partial charge in [-0.25, -0.2) is 0 Å². The normalized spacial score (nSPS) is 11.5. The first-order valence-corrected chi connectivity index (χ1v) is 6.76. The second kappa shape index (κ2) is 6.92. The summed E-state index contributed by atoms with van der Waals surface area (Å²) in [6.45, 7) is 2.27. The maximum absolute atomic E-state index is 10.7. The van der Waals surface area contributed by atoms with Crippen molar-refractivity contribution in [2.75, 3.05) is 31.9 Å². The summed E-state index contributed by atoms with van der Waals surface area (Å²) in [6, 6.07) is 6.71. The number of benzene rings is 1. The number of halogens is 2. The van der Waals surface area contributed by atoms with Gasteiger partial charge >= 0.3 is 0 Å². The second-order valence-corrected chi connectivity index (χ2v) is 5.29. The second-order valence-electron chi connectivity index (χ2n) is 4.53. The first-order chi connectivity index (χ1) is 8.50. The van der Waals surface area contributed by atoms with Gasteiger partial charge in [-0.15, -0.1) is 23.2 Å². The third kappa shape index (κ3) is 4.44. The lowest BCUT2D eigenvalue weighted by Gasteiger charge is -2.33. The van der Waals surface area contributed by atoms with Gasteiger partial charge in [-0.3, -0.25) is 10.1 Å². The molecule has 100 valence electrons. The summed E-state index contributed by atoms with van der Waals surface area (Å²) in [7, 11) is 2.06. The highest BCUT2D eigenvalue weighted by Crippen LogP contribution is 2.18. The van der Waals surface area contributed by atoms with Crippen LogP contribution in [0.25, 0.3) is 0 Å². The van der Waals surface area contributed by atoms with Crippen LogP contribution in [-0.4, -0.2) is 41.3 Å². The highest BCUT2D eigenvalue weighted by molar-refractivity contribution is 6.18. The molecule has 0 fully saturated rings. The van der Waals surface area contributed by atoms with E-state index in [1.165, 1.54) is 6.07 Å². The number of nitro groups is 1. The molecule has 0 N–H and O–H groups in total. The molecule has 4 nitrogen and oxygen atoms in total. The monoisotopic (exact) mass is 291 g/mol. The van der Waals surface area contributed by atoms with Crippen LogP contribution in [0.1, 0.15) is 5.56 Å². The predicted octanol–water partition coefficient (Wildman–Crippen LogP) is 3.02. The summed E-state index contributed by atoms with van der Waals surface area (Å²) in [6.07, 6.45) is 0. The zero-order valence-electron chi connectivity index (χ0n) is 10.3. The molecule has 6 heteroatoms. The maximum atomic E-state index is 10.7. The Morgan fingerprint density at radius 1 is 1.28 bits per heavy atom. The van der Waals surface area contributed by atoms with Crippen LogP contribution >= 0.6 is 23.2 Å². The van der Waals surface area contributed by atoms with Gasteiger partial charge < -0.3 is 4.48 Å². The average Bonchev–Trinajstić information content (AvgIpc) is 2.29. The van der Waals surface area contributed by atoms with Crippen LogP contribution in [0.4, 0.5) is 5.69 Å². The fourth-order valence-corrected chi connectivity index (χ4v) is 2.70. The average molecular weight is 292 g/mol. The van der Waals surface area contributed by atoms with Gasteiger partial charge in [0.2, 0.25) is 0 Å². The Hall–Kier alpha value is -0.840. The van der Waals surface area contributed by atoms with Gasteiger partial charge in [-0.1, -0.05) is 12.1 Å². The van der Waals surface area contributed by atoms with Gasteiger partial charge in [0.15, 0.2) is 0 Å². The molecule has 0 aromatic heterocycles. The van der Waals surface area contributed by atoms with Gasteiger partial charge in [-0.2, -0.15) is 0 Å². The summed E-state index contributed by atoms with van der Waals surface area (Å²) in [5.41, 5.74) is 1.05. The van der Waals surface area contributed by atoms with E-state index < -0.39 is 0 Å². The molecule has 0 unspecified atom stereocenters. The molecule has 0 aliphatic rings. The van der Waals surface area contributed by atoms with Crippen molar-refractivity contribution < 1.29 is 9.41 Å². The number of alkyl halides is 2. The lowest BCUT2D eigenvalue weighted by Crippen LogP contribution is -2.46. The minimum absolute atomic E-state index is 0.121. The summed E-state index contributed by atoms with van der Waals surface area (Å²) in [5, 5.41) is 10.7. The Morgan fingerprint density at radius 3 is 2.39 bits per heavy atom. The lowest BCUT2D eigenvalue weighted by molar-refractivity contribution is -0.918. The standard InChI is InChI=1S/C12H17Cl2N2O2/c1-16(7-5-13,8-6-14)10-11-3-2-4-12(9-11)15(17)18/h2-4,9H,5-8,10H2,1H3/q+1. The third-order valence-corrected chi connectivity index (χ3v) is 3.27. The first kappa shape index (κ1) is 15.2. The Balaban J connectivity index is 2.86. The third-order valence-electron chi connectivity index (χ3n) is 2.93. The SMILES string of the molecule is C[N+](CCCl)(CCCl)Cc1cccc([N+](=O)[O-])c1. The van der Waals surface area contributed by atoms with Crippen molar-refractivity contribution in [2.24, 2.45) is 0 Å². The molecule has 0 saturated carbocycles. The highest BCUT2D eigenvalue weighted by atomic mass is 35.5. The van der Waals surface area contributed by atoms with Crippen LogP contribution in [0.5, 0.6) is 0 Å². The van der Waals surface area contributed by atoms with E-state index in [2.05, 4.69) is 7.05 Å². The molecule has 0 aliphatic carbocycles. The van der Waals surface area contributed by atoms with E-state index in [4.69, 9.17) is 23.2 Å². The number of nitro benzene ring substituents is 1. The molecule has 1 rings (SSSR count). The van der Waals surface area contributed by atoms with Crippen LogP contribution in [0, 0.1) is 10.1 Å². The zero-order chi connectivity index (χ0) is 13.6. The molecule has 1 aromatic carbocycles. The van der Waals surface area contributed by atoms with Crippen LogP contribution in [0.2, 0.25) is 0 Å².